The predicted octanol–water partition coefficient (Wildman–Crippen LogP) is 8.03. The van der Waals surface area contributed by atoms with Crippen LogP contribution in [0.1, 0.15) is 37.5 Å². The lowest BCUT2D eigenvalue weighted by Crippen LogP contribution is -2.04. The van der Waals surface area contributed by atoms with Gasteiger partial charge in [-0.15, -0.1) is 11.3 Å². The van der Waals surface area contributed by atoms with Gasteiger partial charge in [-0.1, -0.05) is 39.1 Å². The zero-order valence-electron chi connectivity index (χ0n) is 15.3. The largest absolute Gasteiger partial charge is 0.355 e. The van der Waals surface area contributed by atoms with Gasteiger partial charge in [0.05, 0.1) is 14.9 Å². The van der Waals surface area contributed by atoms with E-state index in [0.29, 0.717) is 20.5 Å². The molecule has 0 radical (unpaired) electrons. The third-order valence-corrected chi connectivity index (χ3v) is 7.68. The standard InChI is InChI=1S/C21H18BrCl2NOS/c1-10-12(3)19(13(4)11(2)18(10)22)25-14-5-6-15(17(24)9-14)20(26)21-16(23)7-8-27-21/h5-9,25H,1-4H3. The molecule has 0 saturated carbocycles. The van der Waals surface area contributed by atoms with E-state index in [4.69, 9.17) is 23.2 Å². The SMILES string of the molecule is Cc1c(C)c(Nc2ccc(C(=O)c3sccc3Cl)c(Cl)c2)c(C)c(C)c1Br. The second kappa shape index (κ2) is 7.96. The highest BCUT2D eigenvalue weighted by Crippen LogP contribution is 2.36. The van der Waals surface area contributed by atoms with Crippen LogP contribution in [0, 0.1) is 27.7 Å². The first-order chi connectivity index (χ1) is 12.7. The summed E-state index contributed by atoms with van der Waals surface area (Å²) in [6.07, 6.45) is 0. The highest BCUT2D eigenvalue weighted by atomic mass is 79.9. The van der Waals surface area contributed by atoms with E-state index in [9.17, 15) is 4.79 Å². The Morgan fingerprint density at radius 2 is 1.59 bits per heavy atom. The van der Waals surface area contributed by atoms with E-state index in [2.05, 4.69) is 48.9 Å². The number of hydrogen-bond acceptors (Lipinski definition) is 3. The number of halogens is 3. The molecule has 0 unspecified atom stereocenters. The summed E-state index contributed by atoms with van der Waals surface area (Å²) in [6.45, 7) is 8.37. The Kier molecular flexibility index (Phi) is 6.02. The maximum Gasteiger partial charge on any atom is 0.205 e. The molecule has 1 heterocycles. The highest BCUT2D eigenvalue weighted by molar-refractivity contribution is 9.10. The minimum Gasteiger partial charge on any atom is -0.355 e. The molecule has 0 fully saturated rings. The normalized spacial score (nSPS) is 10.9. The summed E-state index contributed by atoms with van der Waals surface area (Å²) in [7, 11) is 0. The Balaban J connectivity index is 1.96. The Bertz CT molecular complexity index is 1030. The van der Waals surface area contributed by atoms with Gasteiger partial charge in [0.25, 0.3) is 0 Å². The first-order valence-corrected chi connectivity index (χ1v) is 10.7. The van der Waals surface area contributed by atoms with E-state index in [1.54, 1.807) is 23.6 Å². The molecule has 0 aliphatic rings. The molecule has 27 heavy (non-hydrogen) atoms. The number of hydrogen-bond donors (Lipinski definition) is 1. The van der Waals surface area contributed by atoms with Gasteiger partial charge < -0.3 is 5.32 Å². The smallest absolute Gasteiger partial charge is 0.205 e. The fourth-order valence-corrected chi connectivity index (χ4v) is 4.91. The number of carbonyl (C=O) groups is 1. The van der Waals surface area contributed by atoms with Crippen LogP contribution in [-0.2, 0) is 0 Å². The minimum atomic E-state index is -0.158. The van der Waals surface area contributed by atoms with Gasteiger partial charge in [-0.05, 0) is 79.6 Å². The molecule has 2 aromatic carbocycles. The van der Waals surface area contributed by atoms with Gasteiger partial charge in [-0.25, -0.2) is 0 Å². The Morgan fingerprint density at radius 1 is 0.963 bits per heavy atom. The number of benzene rings is 2. The van der Waals surface area contributed by atoms with Crippen molar-refractivity contribution in [2.75, 3.05) is 5.32 Å². The van der Waals surface area contributed by atoms with Crippen molar-refractivity contribution in [3.63, 3.8) is 0 Å². The number of ketones is 1. The van der Waals surface area contributed by atoms with Gasteiger partial charge in [0.1, 0.15) is 0 Å². The van der Waals surface area contributed by atoms with Gasteiger partial charge in [0.15, 0.2) is 0 Å². The van der Waals surface area contributed by atoms with Crippen molar-refractivity contribution in [3.8, 4) is 0 Å². The minimum absolute atomic E-state index is 0.158. The predicted molar refractivity (Wildman–Crippen MR) is 121 cm³/mol. The molecule has 1 aromatic heterocycles. The van der Waals surface area contributed by atoms with Crippen LogP contribution in [0.5, 0.6) is 0 Å². The van der Waals surface area contributed by atoms with Gasteiger partial charge in [-0.2, -0.15) is 0 Å². The van der Waals surface area contributed by atoms with Crippen molar-refractivity contribution in [2.45, 2.75) is 27.7 Å². The fraction of sp³-hybridized carbons (Fsp3) is 0.190. The van der Waals surface area contributed by atoms with Crippen molar-refractivity contribution in [3.05, 3.63) is 76.9 Å². The molecule has 1 N–H and O–H groups in total. The van der Waals surface area contributed by atoms with Crippen LogP contribution >= 0.6 is 50.5 Å². The van der Waals surface area contributed by atoms with E-state index in [1.807, 2.05) is 6.07 Å². The first-order valence-electron chi connectivity index (χ1n) is 8.32. The Hall–Kier alpha value is -1.33. The summed E-state index contributed by atoms with van der Waals surface area (Å²) in [5.41, 5.74) is 7.09. The van der Waals surface area contributed by atoms with Crippen LogP contribution in [0.2, 0.25) is 10.0 Å². The van der Waals surface area contributed by atoms with E-state index in [-0.39, 0.29) is 5.78 Å². The van der Waals surface area contributed by atoms with E-state index < -0.39 is 0 Å². The molecule has 3 aromatic rings. The van der Waals surface area contributed by atoms with E-state index in [1.165, 1.54) is 33.6 Å². The maximum atomic E-state index is 12.7. The van der Waals surface area contributed by atoms with Crippen LogP contribution in [-0.4, -0.2) is 5.78 Å². The number of anilines is 2. The summed E-state index contributed by atoms with van der Waals surface area (Å²) in [6, 6.07) is 7.10. The zero-order chi connectivity index (χ0) is 19.9. The number of nitrogens with one attached hydrogen (secondary N) is 1. The second-order valence-corrected chi connectivity index (χ2v) is 8.96. The lowest BCUT2D eigenvalue weighted by molar-refractivity contribution is 0.104. The first kappa shape index (κ1) is 20.4. The van der Waals surface area contributed by atoms with Crippen molar-refractivity contribution in [1.82, 2.24) is 0 Å². The number of rotatable bonds is 4. The topological polar surface area (TPSA) is 29.1 Å². The van der Waals surface area contributed by atoms with Crippen LogP contribution in [0.4, 0.5) is 11.4 Å². The molecule has 0 saturated heterocycles. The van der Waals surface area contributed by atoms with Crippen LogP contribution in [0.25, 0.3) is 0 Å². The highest BCUT2D eigenvalue weighted by Gasteiger charge is 2.18. The Morgan fingerprint density at radius 3 is 2.11 bits per heavy atom. The molecule has 3 rings (SSSR count). The monoisotopic (exact) mass is 481 g/mol. The van der Waals surface area contributed by atoms with E-state index >= 15 is 0 Å². The maximum absolute atomic E-state index is 12.7. The summed E-state index contributed by atoms with van der Waals surface area (Å²) in [4.78, 5) is 13.2. The molecule has 6 heteroatoms. The molecule has 0 aliphatic heterocycles. The molecular weight excluding hydrogens is 465 g/mol. The van der Waals surface area contributed by atoms with Gasteiger partial charge in [0.2, 0.25) is 5.78 Å². The summed E-state index contributed by atoms with van der Waals surface area (Å²) >= 11 is 17.5. The molecule has 0 amide bonds. The van der Waals surface area contributed by atoms with Gasteiger partial charge >= 0.3 is 0 Å². The van der Waals surface area contributed by atoms with Crippen LogP contribution in [0.3, 0.4) is 0 Å². The Labute approximate surface area is 181 Å². The lowest BCUT2D eigenvalue weighted by Gasteiger charge is -2.19. The van der Waals surface area contributed by atoms with E-state index in [0.717, 1.165) is 15.8 Å². The third kappa shape index (κ3) is 3.81. The lowest BCUT2D eigenvalue weighted by atomic mass is 9.98. The molecule has 2 nitrogen and oxygen atoms in total. The van der Waals surface area contributed by atoms with Crippen LogP contribution < -0.4 is 5.32 Å². The van der Waals surface area contributed by atoms with Gasteiger partial charge in [-0.3, -0.25) is 4.79 Å². The molecule has 0 atom stereocenters. The number of thiophene rings is 1. The molecular formula is C21H18BrCl2NOS. The fourth-order valence-electron chi connectivity index (χ4n) is 2.95. The van der Waals surface area contributed by atoms with Crippen LogP contribution in [0.15, 0.2) is 34.1 Å². The van der Waals surface area contributed by atoms with Crippen molar-refractivity contribution < 1.29 is 4.79 Å². The molecule has 0 aliphatic carbocycles. The summed E-state index contributed by atoms with van der Waals surface area (Å²) in [5.74, 6) is -0.158. The van der Waals surface area contributed by atoms with Crippen molar-refractivity contribution >= 4 is 67.6 Å². The zero-order valence-corrected chi connectivity index (χ0v) is 19.3. The molecule has 0 spiro atoms. The third-order valence-electron chi connectivity index (χ3n) is 4.84. The summed E-state index contributed by atoms with van der Waals surface area (Å²) in [5, 5.41) is 6.11. The quantitative estimate of drug-likeness (QED) is 0.381. The summed E-state index contributed by atoms with van der Waals surface area (Å²) < 4.78 is 1.13. The molecule has 0 bridgehead atoms. The van der Waals surface area contributed by atoms with Gasteiger partial charge in [0, 0.05) is 21.4 Å². The average Bonchev–Trinajstić information content (AvgIpc) is 3.07. The average molecular weight is 483 g/mol. The van der Waals surface area contributed by atoms with Crippen molar-refractivity contribution in [2.24, 2.45) is 0 Å². The number of carbonyl (C=O) groups excluding carboxylic acids is 1. The molecule has 140 valence electrons. The van der Waals surface area contributed by atoms with Crippen molar-refractivity contribution in [1.29, 1.82) is 0 Å². The second-order valence-electron chi connectivity index (χ2n) is 6.44.